The van der Waals surface area contributed by atoms with E-state index >= 15 is 0 Å². The van der Waals surface area contributed by atoms with Crippen LogP contribution in [0.5, 0.6) is 23.0 Å². The molecule has 12 heteroatoms. The van der Waals surface area contributed by atoms with Crippen molar-refractivity contribution >= 4 is 21.0 Å². The lowest BCUT2D eigenvalue weighted by Gasteiger charge is -2.31. The molecule has 0 unspecified atom stereocenters. The van der Waals surface area contributed by atoms with Gasteiger partial charge in [-0.05, 0) is 61.4 Å². The number of hydrogen-bond donors (Lipinski definition) is 0. The van der Waals surface area contributed by atoms with E-state index in [9.17, 15) is 24.6 Å². The Morgan fingerprint density at radius 1 is 0.621 bits per heavy atom. The van der Waals surface area contributed by atoms with Gasteiger partial charge in [0.2, 0.25) is 0 Å². The second-order valence-corrected chi connectivity index (χ2v) is 8.12. The maximum absolute atomic E-state index is 12.6. The molecule has 0 heterocycles. The maximum atomic E-state index is 12.6. The molecule has 0 amide bonds. The minimum atomic E-state index is -5.12. The van der Waals surface area contributed by atoms with Crippen molar-refractivity contribution in [2.45, 2.75) is 31.5 Å². The van der Waals surface area contributed by atoms with E-state index in [1.165, 1.54) is 48.5 Å². The van der Waals surface area contributed by atoms with Crippen LogP contribution < -0.4 is 17.8 Å². The molecule has 1 saturated carbocycles. The third kappa shape index (κ3) is 6.46. The van der Waals surface area contributed by atoms with Gasteiger partial charge < -0.3 is 17.8 Å². The van der Waals surface area contributed by atoms with Gasteiger partial charge in [0, 0.05) is 12.8 Å². The molecule has 0 N–H and O–H groups in total. The Hall–Kier alpha value is -2.60. The summed E-state index contributed by atoms with van der Waals surface area (Å²) in [5.41, 5.74) is 0. The summed E-state index contributed by atoms with van der Waals surface area (Å²) in [7, 11) is -10.2. The van der Waals surface area contributed by atoms with E-state index in [1.807, 2.05) is 0 Å². The normalized spacial score (nSPS) is 16.2. The molecule has 0 atom stereocenters. The molecule has 29 heavy (non-hydrogen) atoms. The van der Waals surface area contributed by atoms with Gasteiger partial charge in [-0.3, -0.25) is 0 Å². The molecule has 0 spiro atoms. The van der Waals surface area contributed by atoms with Crippen LogP contribution in [0, 0.1) is 0 Å². The Kier molecular flexibility index (Phi) is 5.85. The molecule has 3 rings (SSSR count). The molecule has 2 aromatic rings. The zero-order valence-corrected chi connectivity index (χ0v) is 16.4. The van der Waals surface area contributed by atoms with Crippen LogP contribution in [0.1, 0.15) is 25.7 Å². The summed E-state index contributed by atoms with van der Waals surface area (Å²) in [5.74, 6) is -0.736. The fourth-order valence-corrected chi connectivity index (χ4v) is 3.61. The summed E-state index contributed by atoms with van der Waals surface area (Å²) in [6.45, 7) is 0. The summed E-state index contributed by atoms with van der Waals surface area (Å²) >= 11 is 0. The molecule has 8 nitrogen and oxygen atoms in total. The van der Waals surface area contributed by atoms with Gasteiger partial charge in [-0.25, -0.2) is 0 Å². The highest BCUT2D eigenvalue weighted by Gasteiger charge is 2.38. The Morgan fingerprint density at radius 3 is 1.24 bits per heavy atom. The number of hydrogen-bond acceptors (Lipinski definition) is 8. The van der Waals surface area contributed by atoms with Crippen LogP contribution in [-0.2, 0) is 21.0 Å². The van der Waals surface area contributed by atoms with E-state index < -0.39 is 26.8 Å². The predicted molar refractivity (Wildman–Crippen MR) is 96.7 cm³/mol. The van der Waals surface area contributed by atoms with Crippen LogP contribution in [0.4, 0.5) is 7.77 Å². The predicted octanol–water partition coefficient (Wildman–Crippen LogP) is 3.60. The fourth-order valence-electron chi connectivity index (χ4n) is 2.92. The lowest BCUT2D eigenvalue weighted by atomic mass is 10.2. The first-order valence-corrected chi connectivity index (χ1v) is 11.0. The van der Waals surface area contributed by atoms with E-state index in [2.05, 4.69) is 8.37 Å². The van der Waals surface area contributed by atoms with Crippen molar-refractivity contribution in [2.75, 3.05) is 0 Å². The van der Waals surface area contributed by atoms with E-state index in [0.29, 0.717) is 24.3 Å². The monoisotopic (exact) mass is 450 g/mol. The standard InChI is InChI=1S/C17H16F2O8S2/c18-28(20,21)26-15-7-3-13(4-8-15)24-17(11-1-2-12-17)25-14-5-9-16(10-6-14)27-29(19,22)23/h3-10H,1-2,11-12H2. The molecule has 0 aromatic heterocycles. The summed E-state index contributed by atoms with van der Waals surface area (Å²) in [5, 5.41) is 0. The first-order valence-electron chi connectivity index (χ1n) is 8.38. The van der Waals surface area contributed by atoms with Crippen molar-refractivity contribution in [3.8, 4) is 23.0 Å². The zero-order valence-electron chi connectivity index (χ0n) is 14.8. The molecule has 1 aliphatic carbocycles. The first-order chi connectivity index (χ1) is 13.5. The molecular formula is C17H16F2O8S2. The minimum absolute atomic E-state index is 0.209. The van der Waals surface area contributed by atoms with Crippen LogP contribution in [0.3, 0.4) is 0 Å². The average Bonchev–Trinajstić information content (AvgIpc) is 3.04. The number of rotatable bonds is 8. The first kappa shape index (κ1) is 21.1. The highest BCUT2D eigenvalue weighted by molar-refractivity contribution is 7.82. The van der Waals surface area contributed by atoms with Crippen LogP contribution in [0.15, 0.2) is 48.5 Å². The molecule has 0 saturated heterocycles. The van der Waals surface area contributed by atoms with Gasteiger partial charge in [0.05, 0.1) is 0 Å². The van der Waals surface area contributed by atoms with E-state index in [4.69, 9.17) is 9.47 Å². The summed E-state index contributed by atoms with van der Waals surface area (Å²) in [4.78, 5) is 0. The van der Waals surface area contributed by atoms with Crippen LogP contribution >= 0.6 is 0 Å². The third-order valence-electron chi connectivity index (χ3n) is 4.01. The van der Waals surface area contributed by atoms with E-state index in [-0.39, 0.29) is 11.5 Å². The molecule has 0 aliphatic heterocycles. The Balaban J connectivity index is 1.71. The highest BCUT2D eigenvalue weighted by atomic mass is 32.3. The quantitative estimate of drug-likeness (QED) is 0.444. The molecule has 2 aromatic carbocycles. The van der Waals surface area contributed by atoms with E-state index in [1.54, 1.807) is 0 Å². The van der Waals surface area contributed by atoms with Gasteiger partial charge in [0.25, 0.3) is 5.79 Å². The van der Waals surface area contributed by atoms with Crippen molar-refractivity contribution in [1.82, 2.24) is 0 Å². The van der Waals surface area contributed by atoms with Gasteiger partial charge in [-0.1, -0.05) is 7.77 Å². The number of ether oxygens (including phenoxy) is 2. The Morgan fingerprint density at radius 2 is 0.931 bits per heavy atom. The average molecular weight is 450 g/mol. The summed E-state index contributed by atoms with van der Waals surface area (Å²) in [6, 6.07) is 10.6. The number of halogens is 2. The lowest BCUT2D eigenvalue weighted by molar-refractivity contribution is -0.107. The molecule has 0 radical (unpaired) electrons. The Labute approximate surface area is 166 Å². The molecule has 1 aliphatic rings. The van der Waals surface area contributed by atoms with Gasteiger partial charge in [-0.2, -0.15) is 16.8 Å². The maximum Gasteiger partial charge on any atom is 0.488 e. The minimum Gasteiger partial charge on any atom is -0.452 e. The lowest BCUT2D eigenvalue weighted by Crippen LogP contribution is -2.39. The van der Waals surface area contributed by atoms with Crippen molar-refractivity contribution in [2.24, 2.45) is 0 Å². The van der Waals surface area contributed by atoms with Crippen LogP contribution in [-0.4, -0.2) is 22.6 Å². The Bertz CT molecular complexity index is 964. The molecular weight excluding hydrogens is 434 g/mol. The SMILES string of the molecule is O=S(=O)(F)Oc1ccc(OC2(Oc3ccc(OS(=O)(=O)F)cc3)CCCC2)cc1. The summed E-state index contributed by atoms with van der Waals surface area (Å²) < 4.78 is 87.4. The van der Waals surface area contributed by atoms with Crippen molar-refractivity contribution < 1.29 is 42.4 Å². The second-order valence-electron chi connectivity index (χ2n) is 6.22. The number of benzene rings is 2. The van der Waals surface area contributed by atoms with Gasteiger partial charge >= 0.3 is 21.0 Å². The van der Waals surface area contributed by atoms with Gasteiger partial charge in [-0.15, -0.1) is 0 Å². The van der Waals surface area contributed by atoms with Crippen molar-refractivity contribution in [3.05, 3.63) is 48.5 Å². The smallest absolute Gasteiger partial charge is 0.452 e. The highest BCUT2D eigenvalue weighted by Crippen LogP contribution is 2.37. The van der Waals surface area contributed by atoms with Gasteiger partial charge in [0.15, 0.2) is 0 Å². The third-order valence-corrected chi connectivity index (χ3v) is 4.80. The summed E-state index contributed by atoms with van der Waals surface area (Å²) in [6.07, 6.45) is 2.79. The fraction of sp³-hybridized carbons (Fsp3) is 0.294. The van der Waals surface area contributed by atoms with E-state index in [0.717, 1.165) is 12.8 Å². The topological polar surface area (TPSA) is 105 Å². The second kappa shape index (κ2) is 8.03. The van der Waals surface area contributed by atoms with Gasteiger partial charge in [0.1, 0.15) is 23.0 Å². The molecule has 0 bridgehead atoms. The van der Waals surface area contributed by atoms with Crippen LogP contribution in [0.2, 0.25) is 0 Å². The van der Waals surface area contributed by atoms with Crippen molar-refractivity contribution in [1.29, 1.82) is 0 Å². The zero-order chi connectivity index (χ0) is 21.1. The molecule has 1 fully saturated rings. The van der Waals surface area contributed by atoms with Crippen LogP contribution in [0.25, 0.3) is 0 Å². The largest absolute Gasteiger partial charge is 0.488 e. The van der Waals surface area contributed by atoms with Crippen molar-refractivity contribution in [3.63, 3.8) is 0 Å². The molecule has 158 valence electrons.